The van der Waals surface area contributed by atoms with Gasteiger partial charge in [-0.3, -0.25) is 4.79 Å². The number of amides is 1. The monoisotopic (exact) mass is 351 g/mol. The Hall–Kier alpha value is -1.73. The van der Waals surface area contributed by atoms with Crippen LogP contribution in [0.4, 0.5) is 0 Å². The van der Waals surface area contributed by atoms with Crippen molar-refractivity contribution in [3.8, 4) is 0 Å². The predicted octanol–water partition coefficient (Wildman–Crippen LogP) is 2.68. The van der Waals surface area contributed by atoms with Gasteiger partial charge in [0.1, 0.15) is 10.6 Å². The lowest BCUT2D eigenvalue weighted by Gasteiger charge is -2.08. The lowest BCUT2D eigenvalue weighted by molar-refractivity contribution is 0.0926. The zero-order chi connectivity index (χ0) is 17.5. The third-order valence-electron chi connectivity index (χ3n) is 3.85. The highest BCUT2D eigenvalue weighted by Crippen LogP contribution is 2.20. The molecular weight excluding hydrogens is 326 g/mol. The summed E-state index contributed by atoms with van der Waals surface area (Å²) >= 11 is 1.39. The first-order valence-corrected chi connectivity index (χ1v) is 9.17. The van der Waals surface area contributed by atoms with Gasteiger partial charge in [0.05, 0.1) is 23.5 Å². The van der Waals surface area contributed by atoms with Crippen molar-refractivity contribution < 1.29 is 14.4 Å². The molecular formula is C17H25N3O3S. The second-order valence-electron chi connectivity index (χ2n) is 5.94. The first-order valence-electron chi connectivity index (χ1n) is 8.35. The summed E-state index contributed by atoms with van der Waals surface area (Å²) in [4.78, 5) is 16.9. The number of rotatable bonds is 9. The fourth-order valence-electron chi connectivity index (χ4n) is 2.40. The Morgan fingerprint density at radius 1 is 1.42 bits per heavy atom. The molecule has 0 saturated carbocycles. The van der Waals surface area contributed by atoms with Crippen LogP contribution in [0.15, 0.2) is 10.7 Å². The van der Waals surface area contributed by atoms with Crippen molar-refractivity contribution >= 4 is 17.2 Å². The van der Waals surface area contributed by atoms with Crippen molar-refractivity contribution in [1.82, 2.24) is 15.5 Å². The molecule has 0 aliphatic heterocycles. The molecule has 2 rings (SSSR count). The first kappa shape index (κ1) is 18.6. The highest BCUT2D eigenvalue weighted by atomic mass is 32.1. The maximum atomic E-state index is 12.0. The average Bonchev–Trinajstić information content (AvgIpc) is 3.18. The minimum atomic E-state index is -0.260. The topological polar surface area (TPSA) is 88.2 Å². The van der Waals surface area contributed by atoms with Crippen molar-refractivity contribution in [2.24, 2.45) is 0 Å². The molecule has 0 saturated heterocycles. The second kappa shape index (κ2) is 8.94. The van der Waals surface area contributed by atoms with Crippen LogP contribution in [0.5, 0.6) is 0 Å². The second-order valence-corrected chi connectivity index (χ2v) is 7.06. The molecule has 132 valence electrons. The van der Waals surface area contributed by atoms with Crippen molar-refractivity contribution in [2.75, 3.05) is 6.61 Å². The number of thiazole rings is 1. The molecule has 0 fully saturated rings. The van der Waals surface area contributed by atoms with E-state index in [1.807, 2.05) is 6.92 Å². The molecule has 0 aliphatic rings. The van der Waals surface area contributed by atoms with Crippen LogP contribution in [0.1, 0.15) is 58.4 Å². The van der Waals surface area contributed by atoms with Gasteiger partial charge >= 0.3 is 0 Å². The normalized spacial score (nSPS) is 12.3. The summed E-state index contributed by atoms with van der Waals surface area (Å²) in [7, 11) is 0. The Morgan fingerprint density at radius 3 is 2.92 bits per heavy atom. The summed E-state index contributed by atoms with van der Waals surface area (Å²) in [6.07, 6.45) is 6.34. The first-order chi connectivity index (χ1) is 11.5. The molecule has 0 radical (unpaired) electrons. The van der Waals surface area contributed by atoms with Crippen LogP contribution in [0, 0.1) is 6.92 Å². The van der Waals surface area contributed by atoms with E-state index in [-0.39, 0.29) is 18.6 Å². The average molecular weight is 351 g/mol. The molecule has 6 nitrogen and oxygen atoms in total. The van der Waals surface area contributed by atoms with E-state index in [9.17, 15) is 4.79 Å². The van der Waals surface area contributed by atoms with Crippen molar-refractivity contribution in [1.29, 1.82) is 0 Å². The highest BCUT2D eigenvalue weighted by molar-refractivity contribution is 7.13. The summed E-state index contributed by atoms with van der Waals surface area (Å²) in [6.45, 7) is 5.78. The van der Waals surface area contributed by atoms with Crippen LogP contribution in [0.3, 0.4) is 0 Å². The van der Waals surface area contributed by atoms with E-state index in [1.165, 1.54) is 16.9 Å². The van der Waals surface area contributed by atoms with Gasteiger partial charge in [-0.15, -0.1) is 11.3 Å². The summed E-state index contributed by atoms with van der Waals surface area (Å²) < 4.78 is 5.33. The van der Waals surface area contributed by atoms with Gasteiger partial charge in [0.25, 0.3) is 5.91 Å². The molecule has 2 aromatic heterocycles. The lowest BCUT2D eigenvalue weighted by Crippen LogP contribution is -2.34. The molecule has 0 aromatic carbocycles. The Balaban J connectivity index is 1.96. The van der Waals surface area contributed by atoms with Crippen LogP contribution in [-0.2, 0) is 19.3 Å². The Kier molecular flexibility index (Phi) is 6.93. The standard InChI is InChI=1S/C17H25N3O3S/c1-4-5-6-14-13(12(3)23-20-14)7-8-16-18-9-15(24-16)17(22)19-11(2)10-21/h9,11,21H,4-8,10H2,1-3H3,(H,19,22). The maximum absolute atomic E-state index is 12.0. The fraction of sp³-hybridized carbons (Fsp3) is 0.588. The number of nitrogens with zero attached hydrogens (tertiary/aromatic N) is 2. The Bertz CT molecular complexity index is 666. The number of aryl methyl sites for hydroxylation is 3. The molecule has 2 heterocycles. The van der Waals surface area contributed by atoms with Gasteiger partial charge in [0.15, 0.2) is 0 Å². The van der Waals surface area contributed by atoms with Gasteiger partial charge in [-0.1, -0.05) is 18.5 Å². The van der Waals surface area contributed by atoms with Gasteiger partial charge < -0.3 is 14.9 Å². The summed E-state index contributed by atoms with van der Waals surface area (Å²) in [6, 6.07) is -0.260. The minimum Gasteiger partial charge on any atom is -0.394 e. The van der Waals surface area contributed by atoms with Crippen LogP contribution in [0.25, 0.3) is 0 Å². The lowest BCUT2D eigenvalue weighted by atomic mass is 10.0. The van der Waals surface area contributed by atoms with Gasteiger partial charge in [-0.25, -0.2) is 4.98 Å². The third-order valence-corrected chi connectivity index (χ3v) is 4.91. The van der Waals surface area contributed by atoms with Gasteiger partial charge in [-0.2, -0.15) is 0 Å². The van der Waals surface area contributed by atoms with E-state index in [4.69, 9.17) is 9.63 Å². The molecule has 2 N–H and O–H groups in total. The number of nitrogens with one attached hydrogen (secondary N) is 1. The number of aliphatic hydroxyl groups excluding tert-OH is 1. The number of hydrogen-bond donors (Lipinski definition) is 2. The maximum Gasteiger partial charge on any atom is 0.263 e. The summed E-state index contributed by atoms with van der Waals surface area (Å²) in [5.41, 5.74) is 2.21. The zero-order valence-electron chi connectivity index (χ0n) is 14.5. The van der Waals surface area contributed by atoms with E-state index in [1.54, 1.807) is 13.1 Å². The number of unbranched alkanes of at least 4 members (excludes halogenated alkanes) is 1. The Morgan fingerprint density at radius 2 is 2.21 bits per heavy atom. The van der Waals surface area contributed by atoms with Gasteiger partial charge in [-0.05, 0) is 33.1 Å². The number of carbonyl (C=O) groups excluding carboxylic acids is 1. The zero-order valence-corrected chi connectivity index (χ0v) is 15.3. The highest BCUT2D eigenvalue weighted by Gasteiger charge is 2.15. The van der Waals surface area contributed by atoms with Crippen molar-refractivity contribution in [3.63, 3.8) is 0 Å². The smallest absolute Gasteiger partial charge is 0.263 e. The van der Waals surface area contributed by atoms with Gasteiger partial charge in [0, 0.05) is 18.0 Å². The molecule has 1 amide bonds. The molecule has 7 heteroatoms. The third kappa shape index (κ3) is 4.88. The number of aliphatic hydroxyl groups is 1. The minimum absolute atomic E-state index is 0.0787. The van der Waals surface area contributed by atoms with Crippen LogP contribution in [0.2, 0.25) is 0 Å². The molecule has 0 bridgehead atoms. The molecule has 2 aromatic rings. The van der Waals surface area contributed by atoms with E-state index in [2.05, 4.69) is 22.4 Å². The van der Waals surface area contributed by atoms with Crippen molar-refractivity contribution in [2.45, 2.75) is 58.9 Å². The van der Waals surface area contributed by atoms with Crippen LogP contribution in [-0.4, -0.2) is 33.8 Å². The van der Waals surface area contributed by atoms with E-state index in [0.717, 1.165) is 48.6 Å². The predicted molar refractivity (Wildman–Crippen MR) is 93.4 cm³/mol. The van der Waals surface area contributed by atoms with Gasteiger partial charge in [0.2, 0.25) is 0 Å². The molecule has 0 spiro atoms. The number of carbonyl (C=O) groups is 1. The molecule has 0 aliphatic carbocycles. The van der Waals surface area contributed by atoms with Crippen LogP contribution < -0.4 is 5.32 Å². The largest absolute Gasteiger partial charge is 0.394 e. The molecule has 24 heavy (non-hydrogen) atoms. The van der Waals surface area contributed by atoms with Crippen LogP contribution >= 0.6 is 11.3 Å². The SMILES string of the molecule is CCCCc1noc(C)c1CCc1ncc(C(=O)NC(C)CO)s1. The van der Waals surface area contributed by atoms with E-state index >= 15 is 0 Å². The molecule has 1 atom stereocenters. The molecule has 1 unspecified atom stereocenters. The summed E-state index contributed by atoms with van der Waals surface area (Å²) in [5, 5.41) is 16.8. The summed E-state index contributed by atoms with van der Waals surface area (Å²) in [5.74, 6) is 0.678. The number of aromatic nitrogens is 2. The fourth-order valence-corrected chi connectivity index (χ4v) is 3.22. The van der Waals surface area contributed by atoms with E-state index in [0.29, 0.717) is 4.88 Å². The number of hydrogen-bond acceptors (Lipinski definition) is 6. The Labute approximate surface area is 146 Å². The van der Waals surface area contributed by atoms with E-state index < -0.39 is 0 Å². The van der Waals surface area contributed by atoms with Crippen molar-refractivity contribution in [3.05, 3.63) is 33.1 Å². The quantitative estimate of drug-likeness (QED) is 0.725.